The van der Waals surface area contributed by atoms with Crippen LogP contribution in [0.4, 0.5) is 0 Å². The molecule has 1 amide bonds. The third-order valence-electron chi connectivity index (χ3n) is 3.11. The molecule has 0 aromatic heterocycles. The van der Waals surface area contributed by atoms with Crippen molar-refractivity contribution in [1.82, 2.24) is 5.32 Å². The first-order chi connectivity index (χ1) is 8.08. The number of halogens is 2. The molecular formula is C12H13Cl2NO2. The van der Waals surface area contributed by atoms with E-state index in [1.54, 1.807) is 18.2 Å². The quantitative estimate of drug-likeness (QED) is 0.886. The average molecular weight is 274 g/mol. The Balaban J connectivity index is 2.02. The monoisotopic (exact) mass is 273 g/mol. The highest BCUT2D eigenvalue weighted by atomic mass is 35.5. The lowest BCUT2D eigenvalue weighted by Gasteiger charge is -2.13. The Morgan fingerprint density at radius 1 is 1.41 bits per heavy atom. The zero-order valence-corrected chi connectivity index (χ0v) is 10.7. The summed E-state index contributed by atoms with van der Waals surface area (Å²) in [5.74, 6) is -0.253. The van der Waals surface area contributed by atoms with Gasteiger partial charge in [0.2, 0.25) is 0 Å². The predicted molar refractivity (Wildman–Crippen MR) is 67.5 cm³/mol. The number of benzene rings is 1. The first-order valence-electron chi connectivity index (χ1n) is 5.41. The molecule has 1 aliphatic carbocycles. The summed E-state index contributed by atoms with van der Waals surface area (Å²) in [7, 11) is 0. The molecule has 0 atom stereocenters. The Bertz CT molecular complexity index is 444. The first kappa shape index (κ1) is 12.7. The summed E-state index contributed by atoms with van der Waals surface area (Å²) in [6, 6.07) is 4.95. The van der Waals surface area contributed by atoms with E-state index < -0.39 is 0 Å². The lowest BCUT2D eigenvalue weighted by molar-refractivity contribution is 0.0935. The van der Waals surface area contributed by atoms with Gasteiger partial charge in [0, 0.05) is 12.0 Å². The molecule has 2 N–H and O–H groups in total. The van der Waals surface area contributed by atoms with E-state index in [0.717, 1.165) is 12.8 Å². The molecular weight excluding hydrogens is 261 g/mol. The number of carbonyl (C=O) groups is 1. The second-order valence-electron chi connectivity index (χ2n) is 4.44. The van der Waals surface area contributed by atoms with Crippen molar-refractivity contribution in [2.24, 2.45) is 5.41 Å². The van der Waals surface area contributed by atoms with Gasteiger partial charge in [-0.15, -0.1) is 0 Å². The maximum atomic E-state index is 11.9. The summed E-state index contributed by atoms with van der Waals surface area (Å²) in [4.78, 5) is 11.9. The van der Waals surface area contributed by atoms with Crippen molar-refractivity contribution >= 4 is 29.1 Å². The molecule has 0 saturated heterocycles. The van der Waals surface area contributed by atoms with E-state index in [-0.39, 0.29) is 23.0 Å². The number of nitrogens with one attached hydrogen (secondary N) is 1. The molecule has 0 heterocycles. The normalized spacial score (nSPS) is 16.6. The maximum Gasteiger partial charge on any atom is 0.252 e. The summed E-state index contributed by atoms with van der Waals surface area (Å²) < 4.78 is 0. The molecule has 1 aromatic carbocycles. The minimum Gasteiger partial charge on any atom is -0.396 e. The molecule has 3 nitrogen and oxygen atoms in total. The van der Waals surface area contributed by atoms with Crippen LogP contribution in [-0.4, -0.2) is 24.2 Å². The third kappa shape index (κ3) is 2.73. The molecule has 0 spiro atoms. The Labute approximate surface area is 110 Å². The Kier molecular flexibility index (Phi) is 3.61. The number of aliphatic hydroxyl groups is 1. The highest BCUT2D eigenvalue weighted by Crippen LogP contribution is 2.44. The number of amides is 1. The van der Waals surface area contributed by atoms with E-state index in [4.69, 9.17) is 28.3 Å². The van der Waals surface area contributed by atoms with Crippen molar-refractivity contribution in [3.8, 4) is 0 Å². The third-order valence-corrected chi connectivity index (χ3v) is 3.93. The molecule has 92 valence electrons. The van der Waals surface area contributed by atoms with Gasteiger partial charge in [0.25, 0.3) is 5.91 Å². The van der Waals surface area contributed by atoms with Crippen LogP contribution < -0.4 is 5.32 Å². The number of aliphatic hydroxyl groups excluding tert-OH is 1. The maximum absolute atomic E-state index is 11.9. The molecule has 2 rings (SSSR count). The minimum absolute atomic E-state index is 0.108. The molecule has 1 aliphatic rings. The van der Waals surface area contributed by atoms with Crippen LogP contribution >= 0.6 is 23.2 Å². The first-order valence-corrected chi connectivity index (χ1v) is 6.17. The molecule has 17 heavy (non-hydrogen) atoms. The van der Waals surface area contributed by atoms with Crippen LogP contribution in [0.1, 0.15) is 23.2 Å². The summed E-state index contributed by atoms with van der Waals surface area (Å²) >= 11 is 11.8. The van der Waals surface area contributed by atoms with Crippen molar-refractivity contribution in [2.75, 3.05) is 13.2 Å². The summed E-state index contributed by atoms with van der Waals surface area (Å²) in [6.07, 6.45) is 1.90. The molecule has 0 bridgehead atoms. The van der Waals surface area contributed by atoms with Crippen molar-refractivity contribution in [2.45, 2.75) is 12.8 Å². The largest absolute Gasteiger partial charge is 0.396 e. The summed E-state index contributed by atoms with van der Waals surface area (Å²) in [5.41, 5.74) is 0.258. The minimum atomic E-state index is -0.253. The molecule has 0 aliphatic heterocycles. The van der Waals surface area contributed by atoms with Crippen molar-refractivity contribution in [3.63, 3.8) is 0 Å². The van der Waals surface area contributed by atoms with Gasteiger partial charge in [-0.2, -0.15) is 0 Å². The van der Waals surface area contributed by atoms with Crippen LogP contribution in [0.5, 0.6) is 0 Å². The van der Waals surface area contributed by atoms with Crippen LogP contribution in [0, 0.1) is 5.41 Å². The van der Waals surface area contributed by atoms with Crippen molar-refractivity contribution < 1.29 is 9.90 Å². The molecule has 0 unspecified atom stereocenters. The highest BCUT2D eigenvalue weighted by Gasteiger charge is 2.42. The Morgan fingerprint density at radius 2 is 2.12 bits per heavy atom. The van der Waals surface area contributed by atoms with Crippen LogP contribution in [0.3, 0.4) is 0 Å². The van der Waals surface area contributed by atoms with Gasteiger partial charge in [-0.1, -0.05) is 29.3 Å². The number of carbonyl (C=O) groups excluding carboxylic acids is 1. The summed E-state index contributed by atoms with van der Waals surface area (Å²) in [5, 5.41) is 12.5. The van der Waals surface area contributed by atoms with E-state index in [0.29, 0.717) is 17.1 Å². The van der Waals surface area contributed by atoms with Crippen LogP contribution in [-0.2, 0) is 0 Å². The molecule has 1 saturated carbocycles. The lowest BCUT2D eigenvalue weighted by atomic mass is 10.1. The molecule has 1 fully saturated rings. The second kappa shape index (κ2) is 4.84. The molecule has 5 heteroatoms. The fourth-order valence-electron chi connectivity index (χ4n) is 1.61. The lowest BCUT2D eigenvalue weighted by Crippen LogP contribution is -2.32. The SMILES string of the molecule is O=C(NCC1(CO)CC1)c1cccc(Cl)c1Cl. The fraction of sp³-hybridized carbons (Fsp3) is 0.417. The zero-order chi connectivity index (χ0) is 12.5. The van der Waals surface area contributed by atoms with Gasteiger partial charge in [-0.3, -0.25) is 4.79 Å². The van der Waals surface area contributed by atoms with Gasteiger partial charge < -0.3 is 10.4 Å². The van der Waals surface area contributed by atoms with Gasteiger partial charge in [0.1, 0.15) is 0 Å². The smallest absolute Gasteiger partial charge is 0.252 e. The van der Waals surface area contributed by atoms with Gasteiger partial charge in [-0.05, 0) is 25.0 Å². The molecule has 1 aromatic rings. The van der Waals surface area contributed by atoms with Crippen molar-refractivity contribution in [1.29, 1.82) is 0 Å². The zero-order valence-electron chi connectivity index (χ0n) is 9.17. The van der Waals surface area contributed by atoms with Gasteiger partial charge in [0.15, 0.2) is 0 Å². The van der Waals surface area contributed by atoms with Crippen LogP contribution in [0.25, 0.3) is 0 Å². The average Bonchev–Trinajstić information content (AvgIpc) is 3.10. The predicted octanol–water partition coefficient (Wildman–Crippen LogP) is 2.50. The summed E-state index contributed by atoms with van der Waals surface area (Å²) in [6.45, 7) is 0.585. The van der Waals surface area contributed by atoms with Crippen LogP contribution in [0.2, 0.25) is 10.0 Å². The van der Waals surface area contributed by atoms with E-state index >= 15 is 0 Å². The fourth-order valence-corrected chi connectivity index (χ4v) is 2.00. The Hall–Kier alpha value is -0.770. The topological polar surface area (TPSA) is 49.3 Å². The van der Waals surface area contributed by atoms with Crippen LogP contribution in [0.15, 0.2) is 18.2 Å². The molecule has 0 radical (unpaired) electrons. The van der Waals surface area contributed by atoms with Gasteiger partial charge in [0.05, 0.1) is 22.2 Å². The van der Waals surface area contributed by atoms with Crippen molar-refractivity contribution in [3.05, 3.63) is 33.8 Å². The van der Waals surface area contributed by atoms with E-state index in [1.807, 2.05) is 0 Å². The van der Waals surface area contributed by atoms with E-state index in [1.165, 1.54) is 0 Å². The number of hydrogen-bond acceptors (Lipinski definition) is 2. The number of hydrogen-bond donors (Lipinski definition) is 2. The Morgan fingerprint density at radius 3 is 2.71 bits per heavy atom. The van der Waals surface area contributed by atoms with Gasteiger partial charge in [-0.25, -0.2) is 0 Å². The van der Waals surface area contributed by atoms with Gasteiger partial charge >= 0.3 is 0 Å². The standard InChI is InChI=1S/C12H13Cl2NO2/c13-9-3-1-2-8(10(9)14)11(17)15-6-12(7-16)4-5-12/h1-3,16H,4-7H2,(H,15,17). The second-order valence-corrected chi connectivity index (χ2v) is 5.23. The number of rotatable bonds is 4. The van der Waals surface area contributed by atoms with E-state index in [2.05, 4.69) is 5.32 Å². The highest BCUT2D eigenvalue weighted by molar-refractivity contribution is 6.43. The van der Waals surface area contributed by atoms with E-state index in [9.17, 15) is 4.79 Å².